The number of ether oxygens (including phenoxy) is 2. The Bertz CT molecular complexity index is 764. The summed E-state index contributed by atoms with van der Waals surface area (Å²) in [6.07, 6.45) is 3.01. The van der Waals surface area contributed by atoms with Crippen LogP contribution >= 0.6 is 0 Å². The molecule has 116 valence electrons. The van der Waals surface area contributed by atoms with Gasteiger partial charge in [-0.2, -0.15) is 5.26 Å². The van der Waals surface area contributed by atoms with Gasteiger partial charge in [0, 0.05) is 17.8 Å². The van der Waals surface area contributed by atoms with Gasteiger partial charge in [-0.15, -0.1) is 0 Å². The lowest BCUT2D eigenvalue weighted by atomic mass is 10.1. The van der Waals surface area contributed by atoms with Gasteiger partial charge < -0.3 is 14.8 Å². The van der Waals surface area contributed by atoms with Crippen molar-refractivity contribution in [2.75, 3.05) is 19.5 Å². The topological polar surface area (TPSA) is 84.2 Å². The minimum atomic E-state index is -0.538. The van der Waals surface area contributed by atoms with Crippen LogP contribution in [0.2, 0.25) is 0 Å². The number of anilines is 1. The number of aromatic nitrogens is 1. The summed E-state index contributed by atoms with van der Waals surface area (Å²) in [5.74, 6) is 0.961. The second-order valence-corrected chi connectivity index (χ2v) is 4.45. The number of nitriles is 1. The van der Waals surface area contributed by atoms with Gasteiger partial charge in [0.05, 0.1) is 14.2 Å². The molecule has 0 radical (unpaired) electrons. The van der Waals surface area contributed by atoms with E-state index in [-0.39, 0.29) is 5.57 Å². The lowest BCUT2D eigenvalue weighted by Crippen LogP contribution is -2.14. The number of carbonyl (C=O) groups is 1. The number of rotatable bonds is 5. The summed E-state index contributed by atoms with van der Waals surface area (Å²) in [5.41, 5.74) is 0.542. The predicted molar refractivity (Wildman–Crippen MR) is 86.0 cm³/mol. The van der Waals surface area contributed by atoms with Crippen molar-refractivity contribution in [2.45, 2.75) is 0 Å². The summed E-state index contributed by atoms with van der Waals surface area (Å²) in [7, 11) is 3.05. The standard InChI is InChI=1S/C17H15N3O3/c1-22-14-7-6-12(15(10-14)23-2)9-13(11-18)17(21)20-16-5-3-4-8-19-16/h3-10H,1-2H3,(H,19,20,21)/b13-9+. The maximum absolute atomic E-state index is 12.2. The molecule has 2 aromatic rings. The van der Waals surface area contributed by atoms with Crippen molar-refractivity contribution in [2.24, 2.45) is 0 Å². The first-order valence-electron chi connectivity index (χ1n) is 6.74. The summed E-state index contributed by atoms with van der Waals surface area (Å²) < 4.78 is 10.4. The number of amides is 1. The molecule has 0 spiro atoms. The smallest absolute Gasteiger partial charge is 0.267 e. The molecule has 1 N–H and O–H groups in total. The zero-order valence-corrected chi connectivity index (χ0v) is 12.7. The molecular weight excluding hydrogens is 294 g/mol. The Morgan fingerprint density at radius 2 is 2.09 bits per heavy atom. The van der Waals surface area contributed by atoms with Crippen molar-refractivity contribution >= 4 is 17.8 Å². The summed E-state index contributed by atoms with van der Waals surface area (Å²) >= 11 is 0. The zero-order chi connectivity index (χ0) is 16.7. The van der Waals surface area contributed by atoms with Gasteiger partial charge >= 0.3 is 0 Å². The molecule has 0 saturated carbocycles. The van der Waals surface area contributed by atoms with Crippen LogP contribution in [0.4, 0.5) is 5.82 Å². The van der Waals surface area contributed by atoms with E-state index in [2.05, 4.69) is 10.3 Å². The molecule has 0 fully saturated rings. The van der Waals surface area contributed by atoms with Crippen LogP contribution in [0.1, 0.15) is 5.56 Å². The predicted octanol–water partition coefficient (Wildman–Crippen LogP) is 2.64. The highest BCUT2D eigenvalue weighted by atomic mass is 16.5. The van der Waals surface area contributed by atoms with E-state index >= 15 is 0 Å². The van der Waals surface area contributed by atoms with E-state index in [1.807, 2.05) is 6.07 Å². The van der Waals surface area contributed by atoms with Crippen LogP contribution in [-0.2, 0) is 4.79 Å². The van der Waals surface area contributed by atoms with E-state index in [4.69, 9.17) is 9.47 Å². The normalized spacial score (nSPS) is 10.6. The van der Waals surface area contributed by atoms with E-state index in [1.54, 1.807) is 49.7 Å². The molecule has 0 aliphatic carbocycles. The minimum absolute atomic E-state index is 0.0564. The van der Waals surface area contributed by atoms with Crippen LogP contribution < -0.4 is 14.8 Å². The maximum Gasteiger partial charge on any atom is 0.267 e. The van der Waals surface area contributed by atoms with Crippen molar-refractivity contribution in [3.05, 3.63) is 53.7 Å². The zero-order valence-electron chi connectivity index (χ0n) is 12.7. The molecule has 0 aliphatic rings. The Kier molecular flexibility index (Phi) is 5.31. The number of benzene rings is 1. The first-order valence-corrected chi connectivity index (χ1v) is 6.74. The van der Waals surface area contributed by atoms with Gasteiger partial charge in [-0.05, 0) is 30.3 Å². The van der Waals surface area contributed by atoms with E-state index < -0.39 is 5.91 Å². The van der Waals surface area contributed by atoms with E-state index in [0.29, 0.717) is 22.9 Å². The summed E-state index contributed by atoms with van der Waals surface area (Å²) in [5, 5.41) is 11.8. The number of nitrogens with zero attached hydrogens (tertiary/aromatic N) is 2. The Morgan fingerprint density at radius 1 is 1.26 bits per heavy atom. The molecule has 0 aliphatic heterocycles. The molecule has 6 heteroatoms. The van der Waals surface area contributed by atoms with Gasteiger partial charge in [-0.25, -0.2) is 4.98 Å². The Balaban J connectivity index is 2.28. The van der Waals surface area contributed by atoms with E-state index in [9.17, 15) is 10.1 Å². The molecule has 1 aromatic heterocycles. The molecule has 0 unspecified atom stereocenters. The molecule has 2 rings (SSSR count). The second-order valence-electron chi connectivity index (χ2n) is 4.45. The molecule has 0 atom stereocenters. The molecule has 1 heterocycles. The van der Waals surface area contributed by atoms with Gasteiger partial charge in [0.15, 0.2) is 0 Å². The van der Waals surface area contributed by atoms with Gasteiger partial charge in [0.2, 0.25) is 0 Å². The lowest BCUT2D eigenvalue weighted by Gasteiger charge is -2.08. The third-order valence-electron chi connectivity index (χ3n) is 3.01. The fraction of sp³-hybridized carbons (Fsp3) is 0.118. The highest BCUT2D eigenvalue weighted by Gasteiger charge is 2.12. The first-order chi connectivity index (χ1) is 11.2. The van der Waals surface area contributed by atoms with Crippen molar-refractivity contribution in [3.63, 3.8) is 0 Å². The third kappa shape index (κ3) is 4.08. The Hall–Kier alpha value is -3.33. The van der Waals surface area contributed by atoms with Crippen molar-refractivity contribution < 1.29 is 14.3 Å². The fourth-order valence-electron chi connectivity index (χ4n) is 1.86. The van der Waals surface area contributed by atoms with Gasteiger partial charge in [-0.3, -0.25) is 4.79 Å². The summed E-state index contributed by atoms with van der Waals surface area (Å²) in [6.45, 7) is 0. The molecule has 0 saturated heterocycles. The average Bonchev–Trinajstić information content (AvgIpc) is 2.60. The summed E-state index contributed by atoms with van der Waals surface area (Å²) in [6, 6.07) is 12.1. The highest BCUT2D eigenvalue weighted by Crippen LogP contribution is 2.26. The largest absolute Gasteiger partial charge is 0.497 e. The van der Waals surface area contributed by atoms with Crippen molar-refractivity contribution in [1.29, 1.82) is 5.26 Å². The van der Waals surface area contributed by atoms with Crippen LogP contribution in [0.3, 0.4) is 0 Å². The quantitative estimate of drug-likeness (QED) is 0.678. The van der Waals surface area contributed by atoms with Gasteiger partial charge in [0.1, 0.15) is 29.0 Å². The lowest BCUT2D eigenvalue weighted by molar-refractivity contribution is -0.112. The third-order valence-corrected chi connectivity index (χ3v) is 3.01. The average molecular weight is 309 g/mol. The number of nitrogens with one attached hydrogen (secondary N) is 1. The maximum atomic E-state index is 12.2. The number of hydrogen-bond donors (Lipinski definition) is 1. The number of pyridine rings is 1. The number of methoxy groups -OCH3 is 2. The van der Waals surface area contributed by atoms with Crippen LogP contribution in [0, 0.1) is 11.3 Å². The molecule has 23 heavy (non-hydrogen) atoms. The van der Waals surface area contributed by atoms with Crippen molar-refractivity contribution in [3.8, 4) is 17.6 Å². The molecule has 0 bridgehead atoms. The molecule has 1 aromatic carbocycles. The molecule has 1 amide bonds. The minimum Gasteiger partial charge on any atom is -0.497 e. The Labute approximate surface area is 134 Å². The monoisotopic (exact) mass is 309 g/mol. The van der Waals surface area contributed by atoms with Crippen LogP contribution in [-0.4, -0.2) is 25.1 Å². The van der Waals surface area contributed by atoms with Crippen LogP contribution in [0.15, 0.2) is 48.2 Å². The SMILES string of the molecule is COc1ccc(/C=C(\C#N)C(=O)Nc2ccccn2)c(OC)c1. The van der Waals surface area contributed by atoms with Crippen molar-refractivity contribution in [1.82, 2.24) is 4.98 Å². The number of hydrogen-bond acceptors (Lipinski definition) is 5. The molecule has 6 nitrogen and oxygen atoms in total. The van der Waals surface area contributed by atoms with Crippen LogP contribution in [0.5, 0.6) is 11.5 Å². The highest BCUT2D eigenvalue weighted by molar-refractivity contribution is 6.09. The second kappa shape index (κ2) is 7.61. The fourth-order valence-corrected chi connectivity index (χ4v) is 1.86. The first kappa shape index (κ1) is 16.0. The number of carbonyl (C=O) groups excluding carboxylic acids is 1. The Morgan fingerprint density at radius 3 is 2.70 bits per heavy atom. The van der Waals surface area contributed by atoms with E-state index in [0.717, 1.165) is 0 Å². The van der Waals surface area contributed by atoms with Gasteiger partial charge in [-0.1, -0.05) is 6.07 Å². The summed E-state index contributed by atoms with van der Waals surface area (Å²) in [4.78, 5) is 16.2. The van der Waals surface area contributed by atoms with E-state index in [1.165, 1.54) is 13.2 Å². The van der Waals surface area contributed by atoms with Gasteiger partial charge in [0.25, 0.3) is 5.91 Å². The van der Waals surface area contributed by atoms with Crippen LogP contribution in [0.25, 0.3) is 6.08 Å². The molecular formula is C17H15N3O3.